The van der Waals surface area contributed by atoms with Crippen LogP contribution in [0.15, 0.2) is 291 Å². The van der Waals surface area contributed by atoms with Gasteiger partial charge in [0.1, 0.15) is 0 Å². The molecule has 6 heterocycles. The molecule has 15 aromatic carbocycles. The molecule has 0 aromatic heterocycles. The molecule has 722 valence electrons. The van der Waals surface area contributed by atoms with Gasteiger partial charge in [0.05, 0.1) is 72.7 Å². The topological polar surface area (TPSA) is 19.4 Å². The average Bonchev–Trinajstić information content (AvgIpc) is 0.683. The molecular formula is C125H147B3N6Si9. The Kier molecular flexibility index (Phi) is 23.3. The Hall–Kier alpha value is -10.8. The van der Waals surface area contributed by atoms with Crippen molar-refractivity contribution in [1.29, 1.82) is 0 Å². The highest BCUT2D eigenvalue weighted by molar-refractivity contribution is 7.04. The average molecular weight is 2020 g/mol. The summed E-state index contributed by atoms with van der Waals surface area (Å²) in [5.74, 6) is 0. The minimum Gasteiger partial charge on any atom is -0.311 e. The second kappa shape index (κ2) is 33.9. The highest BCUT2D eigenvalue weighted by Gasteiger charge is 2.53. The number of anilines is 18. The minimum absolute atomic E-state index is 0.0948. The first-order valence-corrected chi connectivity index (χ1v) is 84.2. The first kappa shape index (κ1) is 98.3. The normalized spacial score (nSPS) is 15.0. The minimum atomic E-state index is -1.99. The molecule has 6 nitrogen and oxygen atoms in total. The van der Waals surface area contributed by atoms with Crippen LogP contribution in [0.5, 0.6) is 0 Å². The smallest absolute Gasteiger partial charge is 0.252 e. The van der Waals surface area contributed by atoms with Crippen LogP contribution in [0.1, 0.15) is 61.1 Å². The summed E-state index contributed by atoms with van der Waals surface area (Å²) >= 11 is 0. The zero-order valence-corrected chi connectivity index (χ0v) is 101. The van der Waals surface area contributed by atoms with Crippen LogP contribution in [0, 0.1) is 13.8 Å². The Morgan fingerprint density at radius 1 is 0.168 bits per heavy atom. The highest BCUT2D eigenvalue weighted by Crippen LogP contribution is 2.56. The lowest BCUT2D eigenvalue weighted by molar-refractivity contribution is 0.590. The molecule has 0 spiro atoms. The Bertz CT molecular complexity index is 6930. The molecule has 0 bridgehead atoms. The van der Waals surface area contributed by atoms with E-state index in [0.29, 0.717) is 0 Å². The van der Waals surface area contributed by atoms with E-state index < -0.39 is 78.1 Å². The Morgan fingerprint density at radius 2 is 0.329 bits per heavy atom. The van der Waals surface area contributed by atoms with E-state index in [4.69, 9.17) is 0 Å². The van der Waals surface area contributed by atoms with E-state index in [1.165, 1.54) is 209 Å². The quantitative estimate of drug-likeness (QED) is 0.0625. The molecule has 0 N–H and O–H groups in total. The van der Waals surface area contributed by atoms with Gasteiger partial charge in [-0.25, -0.2) is 0 Å². The van der Waals surface area contributed by atoms with Gasteiger partial charge in [0.2, 0.25) is 0 Å². The van der Waals surface area contributed by atoms with Crippen molar-refractivity contribution in [3.05, 3.63) is 325 Å². The van der Waals surface area contributed by atoms with Crippen LogP contribution in [0.3, 0.4) is 0 Å². The summed E-state index contributed by atoms with van der Waals surface area (Å²) < 4.78 is 0. The monoisotopic (exact) mass is 2020 g/mol. The summed E-state index contributed by atoms with van der Waals surface area (Å²) in [7, 11) is -17.1. The number of hydrogen-bond acceptors (Lipinski definition) is 6. The second-order valence-corrected chi connectivity index (χ2v) is 98.9. The summed E-state index contributed by atoms with van der Waals surface area (Å²) in [6, 6.07) is 122. The first-order chi connectivity index (χ1) is 66.9. The van der Waals surface area contributed by atoms with Crippen LogP contribution in [-0.2, 0) is 10.8 Å². The summed E-state index contributed by atoms with van der Waals surface area (Å²) in [5.41, 5.74) is 39.9. The maximum Gasteiger partial charge on any atom is 0.252 e. The summed E-state index contributed by atoms with van der Waals surface area (Å²) in [6.07, 6.45) is 0. The van der Waals surface area contributed by atoms with Gasteiger partial charge in [0.15, 0.2) is 0 Å². The lowest BCUT2D eigenvalue weighted by Crippen LogP contribution is -2.63. The van der Waals surface area contributed by atoms with Gasteiger partial charge < -0.3 is 29.4 Å². The van der Waals surface area contributed by atoms with Crippen molar-refractivity contribution in [2.75, 3.05) is 29.4 Å². The molecule has 21 rings (SSSR count). The molecule has 0 saturated heterocycles. The molecule has 15 aromatic rings. The van der Waals surface area contributed by atoms with Crippen LogP contribution >= 0.6 is 0 Å². The van der Waals surface area contributed by atoms with Gasteiger partial charge in [-0.2, -0.15) is 0 Å². The zero-order valence-electron chi connectivity index (χ0n) is 91.6. The van der Waals surface area contributed by atoms with Gasteiger partial charge in [-0.05, 0) is 243 Å². The Balaban J connectivity index is 0.991. The van der Waals surface area contributed by atoms with Gasteiger partial charge in [-0.1, -0.05) is 401 Å². The van der Waals surface area contributed by atoms with Crippen LogP contribution in [0.2, 0.25) is 177 Å². The summed E-state index contributed by atoms with van der Waals surface area (Å²) in [4.78, 5) is 16.5. The molecule has 0 amide bonds. The number of aryl methyl sites for hydroxylation is 2. The number of hydrogen-bond donors (Lipinski definition) is 0. The third kappa shape index (κ3) is 16.8. The van der Waals surface area contributed by atoms with E-state index in [2.05, 4.69) is 539 Å². The molecule has 143 heavy (non-hydrogen) atoms. The SMILES string of the molecule is Cc1ccc2c(c1)B1c3cc(C)ccc3N(c3ccc([Si](C)(C)C)cc3)c3cc(C(C)(c4cc5c6c(c4)N(c4ccc([Si](C)(C)C)cc4)c4ccc([Si](C)(C)C)cc4B6c4cc([Si](C)(C)C)ccc4N5c4ccc(C(C)(C)C)cc4)c4cc5c6c(c4)N(c4ccc([Si](C)(C)C)cc4)c4ccc([Si](C)(C)C)cc4B6c4cc([Si](C)(C)C)ccc4N5c4ccc([Si](C)(C)C)cc4)cc(c31)N2c1ccc([Si](C)(C)C)cc1. The fourth-order valence-corrected chi connectivity index (χ4v) is 34.3. The van der Waals surface area contributed by atoms with Crippen LogP contribution < -0.4 is 125 Å². The fourth-order valence-electron chi connectivity index (χ4n) is 23.8. The predicted octanol–water partition coefficient (Wildman–Crippen LogP) is 24.1. The first-order valence-electron chi connectivity index (χ1n) is 52.7. The molecule has 6 aliphatic rings. The van der Waals surface area contributed by atoms with Crippen molar-refractivity contribution < 1.29 is 0 Å². The standard InChI is InChI=1S/C125H147B3N6Si9/c1-82-34-64-109-103(70-82)126-104-71-83(2)35-65-110(104)131(90-42-52-95(53-43-90)136(10,11)12)116-73-85(72-115(121(116)126)130(109)89-40-50-94(51-41-89)135(7,8)9)125(6,86-74-117-122-118(75-86)132(91-44-54-96(55-45-91)137(13,14)15)112-67-61-100(141(25,26)27)79-106(112)127(122)105-78-99(140(22,23)24)60-66-111(105)129(117)88-38-36-84(37-39-88)124(3,4)5)87-76-119-123-120(77-87)134(93-48-58-98(59-49-93)139(19,20)21)114-69-63-102(143(31,32)33)81-108(114)128(123)107-80-101(142(28,29)30)62-68-113(107)133(119)92-46-56-97(57-47-92)138(16,17)18/h34-81H,1-33H3. The number of benzene rings is 15. The van der Waals surface area contributed by atoms with Gasteiger partial charge in [0, 0.05) is 108 Å². The lowest BCUT2D eigenvalue weighted by atomic mass is 9.33. The molecule has 6 aliphatic heterocycles. The maximum atomic E-state index is 2.78. The van der Waals surface area contributed by atoms with Crippen molar-refractivity contribution in [2.45, 2.75) is 229 Å². The van der Waals surface area contributed by atoms with E-state index in [1.807, 2.05) is 0 Å². The highest BCUT2D eigenvalue weighted by atomic mass is 28.3. The van der Waals surface area contributed by atoms with Crippen LogP contribution in [0.25, 0.3) is 0 Å². The third-order valence-corrected chi connectivity index (χ3v) is 51.2. The summed E-state index contributed by atoms with van der Waals surface area (Å²) in [6.45, 7) is 82.1. The van der Waals surface area contributed by atoms with E-state index in [0.717, 1.165) is 22.7 Å². The van der Waals surface area contributed by atoms with Gasteiger partial charge >= 0.3 is 0 Å². The number of fused-ring (bicyclic) bond motifs is 12. The Labute approximate surface area is 866 Å². The molecule has 0 saturated carbocycles. The van der Waals surface area contributed by atoms with E-state index in [9.17, 15) is 0 Å². The molecule has 0 fully saturated rings. The molecule has 18 heteroatoms. The number of rotatable bonds is 18. The third-order valence-electron chi connectivity index (χ3n) is 32.7. The molecule has 0 radical (unpaired) electrons. The largest absolute Gasteiger partial charge is 0.311 e. The zero-order chi connectivity index (χ0) is 102. The van der Waals surface area contributed by atoms with Crippen molar-refractivity contribution in [3.8, 4) is 0 Å². The van der Waals surface area contributed by atoms with Crippen molar-refractivity contribution in [1.82, 2.24) is 0 Å². The molecule has 0 aliphatic carbocycles. The van der Waals surface area contributed by atoms with E-state index >= 15 is 0 Å². The molecule has 1 atom stereocenters. The second-order valence-electron chi connectivity index (χ2n) is 53.2. The number of nitrogens with zero attached hydrogens (tertiary/aromatic N) is 6. The maximum absolute atomic E-state index is 2.78. The van der Waals surface area contributed by atoms with E-state index in [1.54, 1.807) is 0 Å². The van der Waals surface area contributed by atoms with Gasteiger partial charge in [-0.3, -0.25) is 0 Å². The predicted molar refractivity (Wildman–Crippen MR) is 662 cm³/mol. The van der Waals surface area contributed by atoms with Crippen LogP contribution in [0.4, 0.5) is 102 Å². The molecule has 1 unspecified atom stereocenters. The van der Waals surface area contributed by atoms with Gasteiger partial charge in [-0.15, -0.1) is 0 Å². The Morgan fingerprint density at radius 3 is 0.503 bits per heavy atom. The molecular weight excluding hydrogens is 1870 g/mol. The summed E-state index contributed by atoms with van der Waals surface area (Å²) in [5, 5.41) is 13.1. The fraction of sp³-hybridized carbons (Fsp3) is 0.280. The van der Waals surface area contributed by atoms with Crippen molar-refractivity contribution in [3.63, 3.8) is 0 Å². The van der Waals surface area contributed by atoms with Crippen LogP contribution in [-0.4, -0.2) is 92.8 Å². The van der Waals surface area contributed by atoms with Crippen molar-refractivity contribution in [2.24, 2.45) is 0 Å². The van der Waals surface area contributed by atoms with E-state index in [-0.39, 0.29) is 25.6 Å². The lowest BCUT2D eigenvalue weighted by Gasteiger charge is -2.48. The van der Waals surface area contributed by atoms with Gasteiger partial charge in [0.25, 0.3) is 20.1 Å². The van der Waals surface area contributed by atoms with Crippen molar-refractivity contribution >= 4 is 291 Å².